The van der Waals surface area contributed by atoms with E-state index >= 15 is 4.39 Å². The fourth-order valence-corrected chi connectivity index (χ4v) is 7.78. The number of aromatic nitrogens is 2. The van der Waals surface area contributed by atoms with Crippen LogP contribution < -0.4 is 16.6 Å². The van der Waals surface area contributed by atoms with E-state index in [0.717, 1.165) is 32.9 Å². The third-order valence-corrected chi connectivity index (χ3v) is 10.2. The fourth-order valence-electron chi connectivity index (χ4n) is 7.57. The molecule has 0 bridgehead atoms. The molecule has 6 rings (SSSR count). The summed E-state index contributed by atoms with van der Waals surface area (Å²) in [7, 11) is 0. The van der Waals surface area contributed by atoms with Crippen LogP contribution in [-0.2, 0) is 42.4 Å². The number of carbonyl (C=O) groups is 1. The van der Waals surface area contributed by atoms with Gasteiger partial charge >= 0.3 is 18.0 Å². The zero-order valence-electron chi connectivity index (χ0n) is 29.2. The first-order valence-corrected chi connectivity index (χ1v) is 17.7. The standard InChI is InChI=1S/C39H41ClF4N4O4/c1-37(2,3)52-35(50)45-31(26-10-5-4-6-11-26)24-48-34(49)33-32(47(36(48)51)23-28-29(39(42,43)44)13-8-14-30(28)41)15-16-38(33)17-19-46(20-18-38)22-25-9-7-12-27(40)21-25/h4-14,21,31H,15-20,22-24H2,1-3H3,(H,45,50)/t31-/m0/s1. The SMILES string of the molecule is CC(C)(C)OC(=O)N[C@@H](Cn1c(=O)c2c(n(Cc3c(F)cccc3C(F)(F)F)c1=O)CCC21CCN(Cc2cccc(Cl)c2)CC1)c1ccccc1. The number of nitrogens with one attached hydrogen (secondary N) is 1. The molecule has 4 aromatic rings. The van der Waals surface area contributed by atoms with E-state index < -0.39 is 64.1 Å². The lowest BCUT2D eigenvalue weighted by Gasteiger charge is -2.40. The summed E-state index contributed by atoms with van der Waals surface area (Å²) < 4.78 is 65.4. The van der Waals surface area contributed by atoms with E-state index in [1.54, 1.807) is 57.2 Å². The molecule has 1 aliphatic heterocycles. The van der Waals surface area contributed by atoms with Gasteiger partial charge in [-0.25, -0.2) is 14.0 Å². The molecule has 3 aromatic carbocycles. The Kier molecular flexibility index (Phi) is 10.4. The van der Waals surface area contributed by atoms with Crippen LogP contribution in [0, 0.1) is 5.82 Å². The normalized spacial score (nSPS) is 16.5. The third kappa shape index (κ3) is 7.97. The average Bonchev–Trinajstić information content (AvgIpc) is 3.43. The summed E-state index contributed by atoms with van der Waals surface area (Å²) in [4.78, 5) is 44.4. The van der Waals surface area contributed by atoms with E-state index in [9.17, 15) is 27.6 Å². The van der Waals surface area contributed by atoms with Crippen LogP contribution in [0.5, 0.6) is 0 Å². The highest BCUT2D eigenvalue weighted by Crippen LogP contribution is 2.45. The second kappa shape index (κ2) is 14.5. The molecular weight excluding hydrogens is 700 g/mol. The largest absolute Gasteiger partial charge is 0.444 e. The number of hydrogen-bond donors (Lipinski definition) is 1. The topological polar surface area (TPSA) is 85.6 Å². The van der Waals surface area contributed by atoms with Gasteiger partial charge in [-0.2, -0.15) is 13.2 Å². The first kappa shape index (κ1) is 37.3. The van der Waals surface area contributed by atoms with Gasteiger partial charge in [-0.05, 0) is 94.9 Å². The minimum absolute atomic E-state index is 0.267. The van der Waals surface area contributed by atoms with Crippen molar-refractivity contribution in [1.82, 2.24) is 19.4 Å². The molecule has 8 nitrogen and oxygen atoms in total. The van der Waals surface area contributed by atoms with Gasteiger partial charge in [0.15, 0.2) is 0 Å². The van der Waals surface area contributed by atoms with Crippen molar-refractivity contribution >= 4 is 17.7 Å². The van der Waals surface area contributed by atoms with E-state index in [-0.39, 0.29) is 13.0 Å². The number of likely N-dealkylation sites (tertiary alicyclic amines) is 1. The molecule has 2 heterocycles. The van der Waals surface area contributed by atoms with Crippen molar-refractivity contribution in [3.63, 3.8) is 0 Å². The fraction of sp³-hybridized carbons (Fsp3) is 0.410. The molecule has 2 aliphatic rings. The molecule has 52 heavy (non-hydrogen) atoms. The Morgan fingerprint density at radius 2 is 1.62 bits per heavy atom. The highest BCUT2D eigenvalue weighted by Gasteiger charge is 2.46. The summed E-state index contributed by atoms with van der Waals surface area (Å²) in [6.07, 6.45) is -3.75. The first-order valence-electron chi connectivity index (χ1n) is 17.3. The number of alkyl halides is 3. The highest BCUT2D eigenvalue weighted by molar-refractivity contribution is 6.30. The predicted molar refractivity (Wildman–Crippen MR) is 190 cm³/mol. The van der Waals surface area contributed by atoms with Crippen LogP contribution in [0.1, 0.15) is 79.6 Å². The first-order chi connectivity index (χ1) is 24.5. The van der Waals surface area contributed by atoms with Gasteiger partial charge in [0.2, 0.25) is 0 Å². The second-order valence-electron chi connectivity index (χ2n) is 14.7. The lowest BCUT2D eigenvalue weighted by molar-refractivity contribution is -0.138. The lowest BCUT2D eigenvalue weighted by atomic mass is 9.74. The van der Waals surface area contributed by atoms with Crippen molar-refractivity contribution in [3.8, 4) is 0 Å². The van der Waals surface area contributed by atoms with Crippen molar-refractivity contribution in [2.75, 3.05) is 13.1 Å². The Morgan fingerprint density at radius 1 is 0.923 bits per heavy atom. The summed E-state index contributed by atoms with van der Waals surface area (Å²) >= 11 is 6.21. The van der Waals surface area contributed by atoms with Crippen LogP contribution in [0.25, 0.3) is 0 Å². The number of halogens is 5. The second-order valence-corrected chi connectivity index (χ2v) is 15.1. The Morgan fingerprint density at radius 3 is 2.27 bits per heavy atom. The Hall–Kier alpha value is -4.42. The Balaban J connectivity index is 1.45. The van der Waals surface area contributed by atoms with Crippen molar-refractivity contribution in [2.24, 2.45) is 0 Å². The molecule has 1 aromatic heterocycles. The van der Waals surface area contributed by atoms with E-state index in [4.69, 9.17) is 16.3 Å². The number of alkyl carbamates (subject to hydrolysis) is 1. The van der Waals surface area contributed by atoms with Gasteiger partial charge < -0.3 is 10.1 Å². The molecule has 13 heteroatoms. The summed E-state index contributed by atoms with van der Waals surface area (Å²) in [6, 6.07) is 18.1. The molecule has 1 N–H and O–H groups in total. The minimum Gasteiger partial charge on any atom is -0.444 e. The molecule has 1 spiro atoms. The number of benzene rings is 3. The van der Waals surface area contributed by atoms with Gasteiger partial charge in [-0.15, -0.1) is 0 Å². The van der Waals surface area contributed by atoms with Crippen LogP contribution in [0.4, 0.5) is 22.4 Å². The number of fused-ring (bicyclic) bond motifs is 2. The summed E-state index contributed by atoms with van der Waals surface area (Å²) in [5.41, 5.74) is -2.52. The lowest BCUT2D eigenvalue weighted by Crippen LogP contribution is -2.50. The van der Waals surface area contributed by atoms with E-state index in [1.165, 1.54) is 0 Å². The predicted octanol–water partition coefficient (Wildman–Crippen LogP) is 7.62. The number of piperidine rings is 1. The molecule has 0 unspecified atom stereocenters. The number of rotatable bonds is 8. The molecule has 1 amide bonds. The van der Waals surface area contributed by atoms with Crippen molar-refractivity contribution < 1.29 is 27.1 Å². The number of carbonyl (C=O) groups excluding carboxylic acids is 1. The van der Waals surface area contributed by atoms with E-state index in [1.807, 2.05) is 18.2 Å². The van der Waals surface area contributed by atoms with Crippen molar-refractivity contribution in [3.05, 3.63) is 138 Å². The highest BCUT2D eigenvalue weighted by atomic mass is 35.5. The number of hydrogen-bond acceptors (Lipinski definition) is 5. The maximum absolute atomic E-state index is 15.3. The van der Waals surface area contributed by atoms with Crippen LogP contribution in [0.2, 0.25) is 5.02 Å². The van der Waals surface area contributed by atoms with Gasteiger partial charge in [0.1, 0.15) is 11.4 Å². The zero-order valence-corrected chi connectivity index (χ0v) is 30.0. The van der Waals surface area contributed by atoms with Gasteiger partial charge in [-0.3, -0.25) is 18.8 Å². The number of amides is 1. The molecule has 0 saturated carbocycles. The third-order valence-electron chi connectivity index (χ3n) is 10.0. The molecule has 1 saturated heterocycles. The zero-order chi connectivity index (χ0) is 37.4. The van der Waals surface area contributed by atoms with Crippen LogP contribution in [0.15, 0.2) is 82.4 Å². The maximum atomic E-state index is 15.3. The molecule has 276 valence electrons. The molecule has 1 atom stereocenters. The Labute approximate surface area is 304 Å². The summed E-state index contributed by atoms with van der Waals surface area (Å²) in [5, 5.41) is 3.41. The average molecular weight is 741 g/mol. The van der Waals surface area contributed by atoms with Crippen molar-refractivity contribution in [1.29, 1.82) is 0 Å². The number of ether oxygens (including phenoxy) is 1. The minimum atomic E-state index is -4.88. The molecule has 0 radical (unpaired) electrons. The molecule has 1 aliphatic carbocycles. The van der Waals surface area contributed by atoms with Gasteiger partial charge in [-0.1, -0.05) is 60.1 Å². The summed E-state index contributed by atoms with van der Waals surface area (Å²) in [5.74, 6) is -1.11. The maximum Gasteiger partial charge on any atom is 0.416 e. The van der Waals surface area contributed by atoms with Crippen LogP contribution >= 0.6 is 11.6 Å². The monoisotopic (exact) mass is 740 g/mol. The van der Waals surface area contributed by atoms with E-state index in [2.05, 4.69) is 10.2 Å². The summed E-state index contributed by atoms with van der Waals surface area (Å²) in [6.45, 7) is 5.94. The van der Waals surface area contributed by atoms with Gasteiger partial charge in [0.25, 0.3) is 5.56 Å². The van der Waals surface area contributed by atoms with Gasteiger partial charge in [0.05, 0.1) is 24.7 Å². The smallest absolute Gasteiger partial charge is 0.416 e. The Bertz CT molecular complexity index is 2070. The quantitative estimate of drug-likeness (QED) is 0.188. The van der Waals surface area contributed by atoms with Crippen LogP contribution in [-0.4, -0.2) is 38.8 Å². The molecular formula is C39H41ClF4N4O4. The van der Waals surface area contributed by atoms with Crippen LogP contribution in [0.3, 0.4) is 0 Å². The van der Waals surface area contributed by atoms with E-state index in [0.29, 0.717) is 60.7 Å². The van der Waals surface area contributed by atoms with Crippen molar-refractivity contribution in [2.45, 2.75) is 89.3 Å². The molecule has 1 fully saturated rings. The van der Waals surface area contributed by atoms with Gasteiger partial charge in [0, 0.05) is 33.8 Å². The number of nitrogens with zero attached hydrogens (tertiary/aromatic N) is 3.